The summed E-state index contributed by atoms with van der Waals surface area (Å²) in [7, 11) is 0. The molecule has 7 heteroatoms. The first-order chi connectivity index (χ1) is 12.7. The van der Waals surface area contributed by atoms with Gasteiger partial charge in [0.25, 0.3) is 0 Å². The minimum absolute atomic E-state index is 0.0714. The number of amides is 1. The van der Waals surface area contributed by atoms with Crippen molar-refractivity contribution in [3.63, 3.8) is 0 Å². The fourth-order valence-corrected chi connectivity index (χ4v) is 3.23. The number of carbonyl (C=O) groups is 1. The van der Waals surface area contributed by atoms with Crippen molar-refractivity contribution >= 4 is 34.1 Å². The Morgan fingerprint density at radius 2 is 2.27 bits per heavy atom. The summed E-state index contributed by atoms with van der Waals surface area (Å²) in [6.45, 7) is 1.65. The Morgan fingerprint density at radius 3 is 3.04 bits per heavy atom. The van der Waals surface area contributed by atoms with Crippen molar-refractivity contribution < 1.29 is 13.9 Å². The highest BCUT2D eigenvalue weighted by Gasteiger charge is 2.22. The van der Waals surface area contributed by atoms with E-state index < -0.39 is 0 Å². The zero-order valence-electron chi connectivity index (χ0n) is 14.0. The van der Waals surface area contributed by atoms with Crippen LogP contribution in [0.15, 0.2) is 47.1 Å². The fraction of sp³-hybridized carbons (Fsp3) is 0.263. The van der Waals surface area contributed by atoms with Crippen LogP contribution in [0.5, 0.6) is 5.75 Å². The normalized spacial score (nSPS) is 16.7. The van der Waals surface area contributed by atoms with E-state index >= 15 is 0 Å². The van der Waals surface area contributed by atoms with Gasteiger partial charge in [-0.25, -0.2) is 4.98 Å². The molecule has 134 valence electrons. The number of aromatic nitrogens is 1. The molecular formula is C19H18ClN3O3. The number of rotatable bonds is 6. The average molecular weight is 372 g/mol. The number of furan rings is 1. The first-order valence-corrected chi connectivity index (χ1v) is 8.82. The van der Waals surface area contributed by atoms with Crippen LogP contribution in [-0.4, -0.2) is 24.0 Å². The first-order valence-electron chi connectivity index (χ1n) is 8.44. The van der Waals surface area contributed by atoms with Crippen molar-refractivity contribution in [2.24, 2.45) is 5.92 Å². The lowest BCUT2D eigenvalue weighted by Crippen LogP contribution is -2.16. The van der Waals surface area contributed by atoms with Crippen LogP contribution >= 0.6 is 11.6 Å². The summed E-state index contributed by atoms with van der Waals surface area (Å²) in [5, 5.41) is 7.45. The lowest BCUT2D eigenvalue weighted by atomic mass is 10.1. The maximum atomic E-state index is 11.3. The van der Waals surface area contributed by atoms with Crippen LogP contribution in [0.3, 0.4) is 0 Å². The number of nitrogens with one attached hydrogen (secondary N) is 2. The van der Waals surface area contributed by atoms with Gasteiger partial charge < -0.3 is 19.8 Å². The van der Waals surface area contributed by atoms with Crippen molar-refractivity contribution in [3.05, 3.63) is 53.6 Å². The highest BCUT2D eigenvalue weighted by atomic mass is 35.5. The molecule has 3 heterocycles. The van der Waals surface area contributed by atoms with Crippen LogP contribution in [0.1, 0.15) is 12.2 Å². The van der Waals surface area contributed by atoms with Gasteiger partial charge >= 0.3 is 0 Å². The molecule has 0 spiro atoms. The third-order valence-corrected chi connectivity index (χ3v) is 4.53. The molecule has 26 heavy (non-hydrogen) atoms. The van der Waals surface area contributed by atoms with Crippen LogP contribution in [-0.2, 0) is 11.3 Å². The largest absolute Gasteiger partial charge is 0.491 e. The zero-order chi connectivity index (χ0) is 17.9. The molecule has 0 radical (unpaired) electrons. The zero-order valence-corrected chi connectivity index (χ0v) is 14.8. The van der Waals surface area contributed by atoms with Crippen LogP contribution in [0.25, 0.3) is 10.9 Å². The van der Waals surface area contributed by atoms with Crippen molar-refractivity contribution in [1.82, 2.24) is 10.3 Å². The van der Waals surface area contributed by atoms with E-state index in [-0.39, 0.29) is 11.8 Å². The number of nitrogens with zero attached hydrogens (tertiary/aromatic N) is 1. The smallest absolute Gasteiger partial charge is 0.220 e. The Balaban J connectivity index is 1.57. The topological polar surface area (TPSA) is 76.4 Å². The van der Waals surface area contributed by atoms with E-state index in [1.165, 1.54) is 0 Å². The lowest BCUT2D eigenvalue weighted by molar-refractivity contribution is -0.119. The van der Waals surface area contributed by atoms with Gasteiger partial charge in [-0.3, -0.25) is 4.79 Å². The molecule has 1 aromatic carbocycles. The summed E-state index contributed by atoms with van der Waals surface area (Å²) >= 11 is 6.22. The van der Waals surface area contributed by atoms with E-state index in [1.54, 1.807) is 12.3 Å². The van der Waals surface area contributed by atoms with Crippen molar-refractivity contribution in [2.75, 3.05) is 18.5 Å². The summed E-state index contributed by atoms with van der Waals surface area (Å²) in [6, 6.07) is 11.3. The lowest BCUT2D eigenvalue weighted by Gasteiger charge is -2.14. The summed E-state index contributed by atoms with van der Waals surface area (Å²) < 4.78 is 11.3. The number of anilines is 1. The van der Waals surface area contributed by atoms with Gasteiger partial charge in [0.05, 0.1) is 19.4 Å². The van der Waals surface area contributed by atoms with Crippen molar-refractivity contribution in [3.8, 4) is 5.75 Å². The first kappa shape index (κ1) is 16.7. The number of halogens is 1. The molecule has 2 N–H and O–H groups in total. The molecule has 2 aromatic heterocycles. The quantitative estimate of drug-likeness (QED) is 0.647. The molecule has 1 unspecified atom stereocenters. The number of hydrogen-bond acceptors (Lipinski definition) is 5. The second-order valence-electron chi connectivity index (χ2n) is 6.26. The SMILES string of the molecule is O=C1CC(COc2cccc3c(NCc4ccco4)cc(Cl)nc23)CN1. The molecule has 1 saturated heterocycles. The third-order valence-electron chi connectivity index (χ3n) is 4.34. The molecule has 1 aliphatic rings. The molecule has 0 aliphatic carbocycles. The van der Waals surface area contributed by atoms with Gasteiger partial charge in [-0.15, -0.1) is 0 Å². The van der Waals surface area contributed by atoms with Gasteiger partial charge in [0.2, 0.25) is 5.91 Å². The van der Waals surface area contributed by atoms with Crippen LogP contribution in [0.4, 0.5) is 5.69 Å². The van der Waals surface area contributed by atoms with E-state index in [0.29, 0.717) is 42.5 Å². The highest BCUT2D eigenvalue weighted by molar-refractivity contribution is 6.30. The van der Waals surface area contributed by atoms with E-state index in [0.717, 1.165) is 16.8 Å². The van der Waals surface area contributed by atoms with Crippen LogP contribution in [0, 0.1) is 5.92 Å². The number of benzene rings is 1. The Morgan fingerprint density at radius 1 is 1.35 bits per heavy atom. The summed E-state index contributed by atoms with van der Waals surface area (Å²) in [4.78, 5) is 15.8. The summed E-state index contributed by atoms with van der Waals surface area (Å²) in [5.74, 6) is 1.73. The van der Waals surface area contributed by atoms with Crippen LogP contribution < -0.4 is 15.4 Å². The standard InChI is InChI=1S/C19H18ClN3O3/c20-17-8-15(21-10-13-3-2-6-25-13)14-4-1-5-16(19(14)23-17)26-11-12-7-18(24)22-9-12/h1-6,8,12H,7,9-11H2,(H,21,23)(H,22,24). The predicted molar refractivity (Wildman–Crippen MR) is 99.4 cm³/mol. The van der Waals surface area contributed by atoms with Gasteiger partial charge in [0.15, 0.2) is 0 Å². The van der Waals surface area contributed by atoms with E-state index in [4.69, 9.17) is 20.8 Å². The van der Waals surface area contributed by atoms with E-state index in [2.05, 4.69) is 15.6 Å². The molecule has 1 fully saturated rings. The van der Waals surface area contributed by atoms with Gasteiger partial charge in [0.1, 0.15) is 22.2 Å². The maximum absolute atomic E-state index is 11.3. The maximum Gasteiger partial charge on any atom is 0.220 e. The molecule has 0 bridgehead atoms. The minimum atomic E-state index is 0.0714. The second-order valence-corrected chi connectivity index (χ2v) is 6.65. The molecule has 3 aromatic rings. The number of para-hydroxylation sites is 1. The molecule has 1 amide bonds. The molecule has 0 saturated carbocycles. The molecule has 1 aliphatic heterocycles. The Labute approximate surface area is 155 Å². The second kappa shape index (κ2) is 7.25. The van der Waals surface area contributed by atoms with Crippen molar-refractivity contribution in [1.29, 1.82) is 0 Å². The van der Waals surface area contributed by atoms with E-state index in [1.807, 2.05) is 30.3 Å². The highest BCUT2D eigenvalue weighted by Crippen LogP contribution is 2.32. The number of pyridine rings is 1. The van der Waals surface area contributed by atoms with Gasteiger partial charge in [0, 0.05) is 30.0 Å². The van der Waals surface area contributed by atoms with Gasteiger partial charge in [-0.05, 0) is 24.3 Å². The third kappa shape index (κ3) is 3.60. The molecule has 1 atom stereocenters. The summed E-state index contributed by atoms with van der Waals surface area (Å²) in [6.07, 6.45) is 2.14. The van der Waals surface area contributed by atoms with Gasteiger partial charge in [-0.2, -0.15) is 0 Å². The van der Waals surface area contributed by atoms with Gasteiger partial charge in [-0.1, -0.05) is 23.7 Å². The number of carbonyl (C=O) groups excluding carboxylic acids is 1. The average Bonchev–Trinajstić information content (AvgIpc) is 3.29. The molecule has 6 nitrogen and oxygen atoms in total. The predicted octanol–water partition coefficient (Wildman–Crippen LogP) is 3.61. The number of fused-ring (bicyclic) bond motifs is 1. The number of ether oxygens (including phenoxy) is 1. The summed E-state index contributed by atoms with van der Waals surface area (Å²) in [5.41, 5.74) is 1.55. The Bertz CT molecular complexity index is 927. The minimum Gasteiger partial charge on any atom is -0.491 e. The number of hydrogen-bond donors (Lipinski definition) is 2. The van der Waals surface area contributed by atoms with E-state index in [9.17, 15) is 4.79 Å². The fourth-order valence-electron chi connectivity index (χ4n) is 3.04. The molecule has 4 rings (SSSR count). The Kier molecular flexibility index (Phi) is 4.67. The monoisotopic (exact) mass is 371 g/mol. The van der Waals surface area contributed by atoms with Crippen LogP contribution in [0.2, 0.25) is 5.15 Å². The van der Waals surface area contributed by atoms with Crippen molar-refractivity contribution in [2.45, 2.75) is 13.0 Å². The Hall–Kier alpha value is -2.73. The molecular weight excluding hydrogens is 354 g/mol.